The zero-order chi connectivity index (χ0) is 16.4. The predicted octanol–water partition coefficient (Wildman–Crippen LogP) is 2.11. The van der Waals surface area contributed by atoms with Gasteiger partial charge in [-0.2, -0.15) is 0 Å². The Labute approximate surface area is 140 Å². The lowest BCUT2D eigenvalue weighted by atomic mass is 10.0. The van der Waals surface area contributed by atoms with Crippen molar-refractivity contribution in [3.8, 4) is 0 Å². The number of nitrogens with zero attached hydrogens (tertiary/aromatic N) is 3. The van der Waals surface area contributed by atoms with Gasteiger partial charge < -0.3 is 5.11 Å². The van der Waals surface area contributed by atoms with Crippen molar-refractivity contribution in [3.05, 3.63) is 58.3 Å². The van der Waals surface area contributed by atoms with Crippen LogP contribution >= 0.6 is 15.9 Å². The second kappa shape index (κ2) is 6.29. The first-order valence-electron chi connectivity index (χ1n) is 6.84. The Kier molecular flexibility index (Phi) is 4.20. The Morgan fingerprint density at radius 3 is 2.83 bits per heavy atom. The number of rotatable bonds is 3. The lowest BCUT2D eigenvalue weighted by molar-refractivity contribution is -0.136. The Morgan fingerprint density at radius 1 is 1.30 bits per heavy atom. The number of carbonyl (C=O) groups is 2. The van der Waals surface area contributed by atoms with Crippen molar-refractivity contribution in [2.45, 2.75) is 0 Å². The minimum atomic E-state index is -1.08. The molecule has 7 heteroatoms. The predicted molar refractivity (Wildman–Crippen MR) is 88.9 cm³/mol. The van der Waals surface area contributed by atoms with Crippen molar-refractivity contribution < 1.29 is 14.7 Å². The van der Waals surface area contributed by atoms with E-state index in [0.29, 0.717) is 22.7 Å². The maximum Gasteiger partial charge on any atom is 0.323 e. The van der Waals surface area contributed by atoms with Crippen LogP contribution in [0.25, 0.3) is 0 Å². The molecule has 0 saturated carbocycles. The minimum absolute atomic E-state index is 0.120. The normalized spacial score (nSPS) is 14.0. The Bertz CT molecular complexity index is 805. The van der Waals surface area contributed by atoms with Crippen LogP contribution in [0.3, 0.4) is 0 Å². The number of benzene rings is 1. The number of hydrogen-bond acceptors (Lipinski definition) is 4. The molecule has 0 radical (unpaired) electrons. The number of aliphatic carboxylic acids is 1. The van der Waals surface area contributed by atoms with Crippen molar-refractivity contribution in [1.29, 1.82) is 0 Å². The second-order valence-electron chi connectivity index (χ2n) is 4.91. The maximum atomic E-state index is 12.3. The lowest BCUT2D eigenvalue weighted by Crippen LogP contribution is -2.37. The second-order valence-corrected chi connectivity index (χ2v) is 5.83. The summed E-state index contributed by atoms with van der Waals surface area (Å²) in [6.07, 6.45) is 1.65. The Balaban J connectivity index is 2.18. The molecular weight excluding hydrogens is 362 g/mol. The largest absolute Gasteiger partial charge is 0.480 e. The van der Waals surface area contributed by atoms with Crippen LogP contribution in [0.2, 0.25) is 0 Å². The van der Waals surface area contributed by atoms with E-state index < -0.39 is 12.5 Å². The first-order valence-corrected chi connectivity index (χ1v) is 7.63. The van der Waals surface area contributed by atoms with Crippen molar-refractivity contribution in [3.63, 3.8) is 0 Å². The van der Waals surface area contributed by atoms with Crippen LogP contribution in [0.4, 0.5) is 5.69 Å². The summed E-state index contributed by atoms with van der Waals surface area (Å²) in [4.78, 5) is 33.3. The Hall–Kier alpha value is -2.54. The fourth-order valence-corrected chi connectivity index (χ4v) is 2.78. The highest BCUT2D eigenvalue weighted by Gasteiger charge is 2.27. The molecule has 1 aliphatic heterocycles. The van der Waals surface area contributed by atoms with E-state index in [1.807, 2.05) is 12.1 Å². The van der Waals surface area contributed by atoms with Crippen LogP contribution in [0.1, 0.15) is 11.3 Å². The molecule has 0 bridgehead atoms. The van der Waals surface area contributed by atoms with Crippen LogP contribution in [0.15, 0.2) is 52.1 Å². The number of anilines is 1. The summed E-state index contributed by atoms with van der Waals surface area (Å²) in [7, 11) is 0. The average Bonchev–Trinajstić information content (AvgIpc) is 2.66. The van der Waals surface area contributed by atoms with E-state index in [4.69, 9.17) is 5.11 Å². The average molecular weight is 374 g/mol. The fraction of sp³-hybridized carbons (Fsp3) is 0.125. The van der Waals surface area contributed by atoms with E-state index in [2.05, 4.69) is 25.9 Å². The molecule has 1 aromatic heterocycles. The third-order valence-electron chi connectivity index (χ3n) is 3.38. The van der Waals surface area contributed by atoms with Gasteiger partial charge in [0.2, 0.25) is 5.91 Å². The van der Waals surface area contributed by atoms with Crippen LogP contribution in [0.5, 0.6) is 0 Å². The van der Waals surface area contributed by atoms with E-state index in [9.17, 15) is 9.59 Å². The summed E-state index contributed by atoms with van der Waals surface area (Å²) in [5, 5.41) is 9.09. The molecule has 1 N–H and O–H groups in total. The highest BCUT2D eigenvalue weighted by molar-refractivity contribution is 9.10. The lowest BCUT2D eigenvalue weighted by Gasteiger charge is -2.21. The zero-order valence-electron chi connectivity index (χ0n) is 11.9. The van der Waals surface area contributed by atoms with E-state index in [1.54, 1.807) is 30.5 Å². The van der Waals surface area contributed by atoms with Crippen molar-refractivity contribution in [2.75, 3.05) is 18.0 Å². The molecule has 0 fully saturated rings. The number of carboxylic acids is 1. The first kappa shape index (κ1) is 15.4. The number of pyridine rings is 1. The topological polar surface area (TPSA) is 82.9 Å². The quantitative estimate of drug-likeness (QED) is 0.892. The summed E-state index contributed by atoms with van der Waals surface area (Å²) >= 11 is 3.41. The minimum Gasteiger partial charge on any atom is -0.480 e. The molecule has 23 heavy (non-hydrogen) atoms. The monoisotopic (exact) mass is 373 g/mol. The smallest absolute Gasteiger partial charge is 0.323 e. The van der Waals surface area contributed by atoms with E-state index >= 15 is 0 Å². The maximum absolute atomic E-state index is 12.3. The third kappa shape index (κ3) is 3.14. The van der Waals surface area contributed by atoms with Gasteiger partial charge in [0, 0.05) is 16.2 Å². The van der Waals surface area contributed by atoms with Gasteiger partial charge in [-0.1, -0.05) is 22.0 Å². The van der Waals surface area contributed by atoms with Gasteiger partial charge in [-0.05, 0) is 30.3 Å². The van der Waals surface area contributed by atoms with Crippen molar-refractivity contribution in [2.24, 2.45) is 4.99 Å². The molecule has 0 atom stereocenters. The van der Waals surface area contributed by atoms with Gasteiger partial charge in [0.15, 0.2) is 0 Å². The molecule has 6 nitrogen and oxygen atoms in total. The number of carboxylic acid groups (broad SMARTS) is 1. The number of hydrogen-bond donors (Lipinski definition) is 1. The van der Waals surface area contributed by atoms with Crippen LogP contribution in [0, 0.1) is 0 Å². The fourth-order valence-electron chi connectivity index (χ4n) is 2.42. The van der Waals surface area contributed by atoms with Gasteiger partial charge in [-0.25, -0.2) is 0 Å². The standard InChI is InChI=1S/C16H12BrN3O3/c17-10-4-5-13-11(7-10)16(12-3-1-2-6-18-12)19-8-14(21)20(13)9-15(22)23/h1-7H,8-9H2,(H,22,23). The Morgan fingerprint density at radius 2 is 2.13 bits per heavy atom. The highest BCUT2D eigenvalue weighted by Crippen LogP contribution is 2.29. The van der Waals surface area contributed by atoms with Gasteiger partial charge >= 0.3 is 5.97 Å². The number of aromatic nitrogens is 1. The summed E-state index contributed by atoms with van der Waals surface area (Å²) < 4.78 is 0.810. The van der Waals surface area contributed by atoms with Crippen LogP contribution < -0.4 is 4.90 Å². The number of aliphatic imine (C=N–C) groups is 1. The summed E-state index contributed by atoms with van der Waals surface area (Å²) in [6.45, 7) is -0.524. The number of fused-ring (bicyclic) bond motifs is 1. The van der Waals surface area contributed by atoms with E-state index in [1.165, 1.54) is 4.90 Å². The van der Waals surface area contributed by atoms with Gasteiger partial charge in [0.1, 0.15) is 13.1 Å². The van der Waals surface area contributed by atoms with Gasteiger partial charge in [0.25, 0.3) is 0 Å². The summed E-state index contributed by atoms with van der Waals surface area (Å²) in [5.41, 5.74) is 2.40. The van der Waals surface area contributed by atoms with Crippen molar-refractivity contribution in [1.82, 2.24) is 4.98 Å². The molecule has 2 aromatic rings. The number of amides is 1. The molecule has 0 unspecified atom stereocenters. The molecule has 0 aliphatic carbocycles. The molecule has 1 amide bonds. The number of carbonyl (C=O) groups excluding carboxylic acids is 1. The number of benzodiazepines with no additional fused rings is 1. The molecule has 0 saturated heterocycles. The molecule has 2 heterocycles. The van der Waals surface area contributed by atoms with E-state index in [-0.39, 0.29) is 12.5 Å². The molecule has 0 spiro atoms. The number of halogens is 1. The molecule has 1 aromatic carbocycles. The first-order chi connectivity index (χ1) is 11.1. The highest BCUT2D eigenvalue weighted by atomic mass is 79.9. The molecular formula is C16H12BrN3O3. The SMILES string of the molecule is O=C(O)CN1C(=O)CN=C(c2ccccn2)c2cc(Br)ccc21. The van der Waals surface area contributed by atoms with Crippen LogP contribution in [-0.2, 0) is 9.59 Å². The molecule has 116 valence electrons. The van der Waals surface area contributed by atoms with Gasteiger partial charge in [-0.3, -0.25) is 24.5 Å². The van der Waals surface area contributed by atoms with Crippen LogP contribution in [-0.4, -0.2) is 40.8 Å². The molecule has 1 aliphatic rings. The third-order valence-corrected chi connectivity index (χ3v) is 3.87. The van der Waals surface area contributed by atoms with Crippen molar-refractivity contribution >= 4 is 39.2 Å². The van der Waals surface area contributed by atoms with Gasteiger partial charge in [0.05, 0.1) is 17.1 Å². The molecule has 3 rings (SSSR count). The summed E-state index contributed by atoms with van der Waals surface area (Å²) in [5.74, 6) is -1.43. The summed E-state index contributed by atoms with van der Waals surface area (Å²) in [6, 6.07) is 10.7. The zero-order valence-corrected chi connectivity index (χ0v) is 13.5. The van der Waals surface area contributed by atoms with E-state index in [0.717, 1.165) is 4.47 Å². The van der Waals surface area contributed by atoms with Gasteiger partial charge in [-0.15, -0.1) is 0 Å².